The molecule has 0 bridgehead atoms. The third kappa shape index (κ3) is 6.62. The summed E-state index contributed by atoms with van der Waals surface area (Å²) >= 11 is -2.38. The predicted octanol–water partition coefficient (Wildman–Crippen LogP) is 0.270. The maximum absolute atomic E-state index is 10.1. The van der Waals surface area contributed by atoms with Crippen LogP contribution in [0.15, 0.2) is 12.4 Å². The van der Waals surface area contributed by atoms with Gasteiger partial charge in [0.2, 0.25) is 0 Å². The van der Waals surface area contributed by atoms with Crippen molar-refractivity contribution in [3.05, 3.63) is 12.4 Å². The molecule has 7 heteroatoms. The minimum atomic E-state index is -2.38. The molecule has 0 aromatic carbocycles. The molecule has 1 aliphatic rings. The predicted molar refractivity (Wildman–Crippen MR) is 63.4 cm³/mol. The van der Waals surface area contributed by atoms with Gasteiger partial charge in [0, 0.05) is 32.6 Å². The van der Waals surface area contributed by atoms with Crippen LogP contribution in [0.25, 0.3) is 0 Å². The first kappa shape index (κ1) is 14.4. The van der Waals surface area contributed by atoms with Crippen LogP contribution in [0.2, 0.25) is 0 Å². The van der Waals surface area contributed by atoms with Gasteiger partial charge in [-0.25, -0.2) is 4.21 Å². The van der Waals surface area contributed by atoms with Crippen LogP contribution in [0.3, 0.4) is 0 Å². The smallest absolute Gasteiger partial charge is 0.0894 e. The highest BCUT2D eigenvalue weighted by molar-refractivity contribution is 7.74. The lowest BCUT2D eigenvalue weighted by Gasteiger charge is -2.20. The molecule has 1 atom stereocenters. The van der Waals surface area contributed by atoms with E-state index in [-0.39, 0.29) is 6.61 Å². The van der Waals surface area contributed by atoms with Crippen LogP contribution in [0, 0.1) is 0 Å². The van der Waals surface area contributed by atoms with Gasteiger partial charge in [0.25, 0.3) is 0 Å². The van der Waals surface area contributed by atoms with Gasteiger partial charge >= 0.3 is 0 Å². The summed E-state index contributed by atoms with van der Waals surface area (Å²) in [6, 6.07) is 0. The van der Waals surface area contributed by atoms with E-state index >= 15 is 0 Å². The van der Waals surface area contributed by atoms with Crippen LogP contribution in [-0.2, 0) is 20.3 Å². The van der Waals surface area contributed by atoms with Crippen molar-refractivity contribution in [3.63, 3.8) is 0 Å². The van der Waals surface area contributed by atoms with Crippen molar-refractivity contribution < 1.29 is 17.7 Å². The first-order valence-corrected chi connectivity index (χ1v) is 6.60. The Kier molecular flexibility index (Phi) is 7.18. The van der Waals surface area contributed by atoms with Crippen LogP contribution in [-0.4, -0.2) is 58.6 Å². The van der Waals surface area contributed by atoms with Crippen LogP contribution < -0.4 is 0 Å². The molecule has 0 aliphatic carbocycles. The van der Waals surface area contributed by atoms with Gasteiger partial charge in [-0.2, -0.15) is 0 Å². The van der Waals surface area contributed by atoms with Gasteiger partial charge in [0.05, 0.1) is 31.2 Å². The summed E-state index contributed by atoms with van der Waals surface area (Å²) in [6.07, 6.45) is 5.75. The fraction of sp³-hybridized carbons (Fsp3) is 0.800. The number of unbranched alkanes of at least 4 members (excludes halogenated alkanes) is 1. The Balaban J connectivity index is 1.99. The van der Waals surface area contributed by atoms with E-state index in [4.69, 9.17) is 4.74 Å². The summed E-state index contributed by atoms with van der Waals surface area (Å²) in [7, 11) is 1.69. The van der Waals surface area contributed by atoms with Gasteiger partial charge in [-0.05, 0) is 12.8 Å². The third-order valence-electron chi connectivity index (χ3n) is 2.45. The molecule has 1 unspecified atom stereocenters. The van der Waals surface area contributed by atoms with E-state index in [1.165, 1.54) is 0 Å². The summed E-state index contributed by atoms with van der Waals surface area (Å²) in [4.78, 5) is 4.36. The first-order chi connectivity index (χ1) is 8.22. The lowest BCUT2D eigenvalue weighted by Crippen LogP contribution is -2.28. The Labute approximate surface area is 105 Å². The van der Waals surface area contributed by atoms with E-state index < -0.39 is 11.4 Å². The maximum Gasteiger partial charge on any atom is 0.0894 e. The standard InChI is InChI=1S/C10H20N2O4S/c1-15-9-7-12-6-5-11(10-12)4-2-3-8-16-17(13)14/h5-6H,2-4,7-10H2,1H3,(H,13,14)/p-1. The second-order valence-electron chi connectivity index (χ2n) is 3.79. The number of methoxy groups -OCH3 is 1. The lowest BCUT2D eigenvalue weighted by atomic mass is 10.3. The molecule has 0 amide bonds. The summed E-state index contributed by atoms with van der Waals surface area (Å²) in [5, 5.41) is 0. The Morgan fingerprint density at radius 1 is 1.24 bits per heavy atom. The van der Waals surface area contributed by atoms with Crippen LogP contribution >= 0.6 is 0 Å². The molecule has 1 heterocycles. The minimum Gasteiger partial charge on any atom is -0.750 e. The monoisotopic (exact) mass is 263 g/mol. The fourth-order valence-corrected chi connectivity index (χ4v) is 1.81. The van der Waals surface area contributed by atoms with E-state index in [2.05, 4.69) is 14.0 Å². The number of hydrogen-bond acceptors (Lipinski definition) is 6. The van der Waals surface area contributed by atoms with Crippen molar-refractivity contribution in [2.45, 2.75) is 12.8 Å². The van der Waals surface area contributed by atoms with E-state index in [9.17, 15) is 8.76 Å². The summed E-state index contributed by atoms with van der Waals surface area (Å²) in [6.45, 7) is 3.66. The molecule has 0 saturated heterocycles. The number of nitrogens with zero attached hydrogens (tertiary/aromatic N) is 2. The zero-order valence-electron chi connectivity index (χ0n) is 10.0. The van der Waals surface area contributed by atoms with Gasteiger partial charge < -0.3 is 23.3 Å². The second-order valence-corrected chi connectivity index (χ2v) is 4.43. The first-order valence-electron chi connectivity index (χ1n) is 5.60. The van der Waals surface area contributed by atoms with E-state index in [1.807, 2.05) is 12.4 Å². The van der Waals surface area contributed by atoms with Crippen molar-refractivity contribution in [2.24, 2.45) is 0 Å². The Bertz CT molecular complexity index is 263. The van der Waals surface area contributed by atoms with Gasteiger partial charge in [-0.15, -0.1) is 0 Å². The zero-order valence-corrected chi connectivity index (χ0v) is 10.9. The van der Waals surface area contributed by atoms with Crippen molar-refractivity contribution in [3.8, 4) is 0 Å². The number of rotatable bonds is 9. The maximum atomic E-state index is 10.1. The molecule has 0 spiro atoms. The Morgan fingerprint density at radius 2 is 1.94 bits per heavy atom. The highest BCUT2D eigenvalue weighted by Gasteiger charge is 2.10. The molecule has 0 aromatic rings. The number of ether oxygens (including phenoxy) is 1. The number of hydrogen-bond donors (Lipinski definition) is 0. The molecule has 1 aliphatic heterocycles. The van der Waals surface area contributed by atoms with Gasteiger partial charge in [0.1, 0.15) is 0 Å². The van der Waals surface area contributed by atoms with E-state index in [1.54, 1.807) is 7.11 Å². The average Bonchev–Trinajstić information content (AvgIpc) is 2.73. The molecule has 17 heavy (non-hydrogen) atoms. The Hall–Kier alpha value is -0.630. The Morgan fingerprint density at radius 3 is 2.59 bits per heavy atom. The van der Waals surface area contributed by atoms with Gasteiger partial charge in [0.15, 0.2) is 0 Å². The van der Waals surface area contributed by atoms with Crippen LogP contribution in [0.4, 0.5) is 0 Å². The second kappa shape index (κ2) is 8.46. The summed E-state index contributed by atoms with van der Waals surface area (Å²) < 4.78 is 29.6. The SMILES string of the molecule is COCCN1C=CN(CCCCOS(=O)[O-])C1. The fourth-order valence-electron chi connectivity index (χ4n) is 1.56. The molecule has 0 fully saturated rings. The quantitative estimate of drug-likeness (QED) is 0.439. The topological polar surface area (TPSA) is 65.1 Å². The highest BCUT2D eigenvalue weighted by atomic mass is 32.2. The molecule has 0 radical (unpaired) electrons. The largest absolute Gasteiger partial charge is 0.750 e. The molecule has 100 valence electrons. The molecule has 1 rings (SSSR count). The van der Waals surface area contributed by atoms with E-state index in [0.717, 1.165) is 39.2 Å². The van der Waals surface area contributed by atoms with Crippen molar-refractivity contribution >= 4 is 11.4 Å². The van der Waals surface area contributed by atoms with Crippen LogP contribution in [0.1, 0.15) is 12.8 Å². The van der Waals surface area contributed by atoms with E-state index in [0.29, 0.717) is 0 Å². The van der Waals surface area contributed by atoms with Crippen LogP contribution in [0.5, 0.6) is 0 Å². The molecule has 0 aromatic heterocycles. The average molecular weight is 263 g/mol. The molecule has 0 N–H and O–H groups in total. The summed E-state index contributed by atoms with van der Waals surface area (Å²) in [5.74, 6) is 0. The molecule has 0 saturated carbocycles. The normalized spacial score (nSPS) is 16.8. The minimum absolute atomic E-state index is 0.265. The van der Waals surface area contributed by atoms with Crippen molar-refractivity contribution in [2.75, 3.05) is 40.1 Å². The third-order valence-corrected chi connectivity index (χ3v) is 2.81. The zero-order chi connectivity index (χ0) is 12.5. The summed E-state index contributed by atoms with van der Waals surface area (Å²) in [5.41, 5.74) is 0. The van der Waals surface area contributed by atoms with Gasteiger partial charge in [-0.1, -0.05) is 0 Å². The highest BCUT2D eigenvalue weighted by Crippen LogP contribution is 2.07. The molecular formula is C10H19N2O4S-. The lowest BCUT2D eigenvalue weighted by molar-refractivity contribution is 0.156. The van der Waals surface area contributed by atoms with Crippen molar-refractivity contribution in [1.82, 2.24) is 9.80 Å². The molecular weight excluding hydrogens is 244 g/mol. The molecule has 6 nitrogen and oxygen atoms in total. The van der Waals surface area contributed by atoms with Crippen molar-refractivity contribution in [1.29, 1.82) is 0 Å². The van der Waals surface area contributed by atoms with Gasteiger partial charge in [-0.3, -0.25) is 0 Å².